The van der Waals surface area contributed by atoms with Gasteiger partial charge in [0.25, 0.3) is 0 Å². The van der Waals surface area contributed by atoms with Crippen molar-refractivity contribution in [2.45, 2.75) is 44.1 Å². The van der Waals surface area contributed by atoms with Gasteiger partial charge in [-0.05, 0) is 30.4 Å². The molecule has 0 bridgehead atoms. The van der Waals surface area contributed by atoms with E-state index in [0.29, 0.717) is 17.5 Å². The third-order valence-electron chi connectivity index (χ3n) is 6.67. The molecule has 2 rings (SSSR count). The molecule has 1 unspecified atom stereocenters. The van der Waals surface area contributed by atoms with Gasteiger partial charge in [0.05, 0.1) is 13.2 Å². The van der Waals surface area contributed by atoms with Gasteiger partial charge in [-0.15, -0.1) is 6.58 Å². The summed E-state index contributed by atoms with van der Waals surface area (Å²) in [6, 6.07) is 13.4. The Labute approximate surface area is 291 Å². The van der Waals surface area contributed by atoms with Gasteiger partial charge in [0.15, 0.2) is 5.96 Å². The Bertz CT molecular complexity index is 1510. The summed E-state index contributed by atoms with van der Waals surface area (Å²) in [6.07, 6.45) is -3.12. The van der Waals surface area contributed by atoms with Crippen LogP contribution in [0.25, 0.3) is 0 Å². The van der Waals surface area contributed by atoms with E-state index in [0.717, 1.165) is 5.56 Å². The van der Waals surface area contributed by atoms with Crippen molar-refractivity contribution in [3.8, 4) is 0 Å². The normalized spacial score (nSPS) is 12.4. The van der Waals surface area contributed by atoms with Crippen molar-refractivity contribution in [3.63, 3.8) is 0 Å². The monoisotopic (exact) mass is 721 g/mol. The van der Waals surface area contributed by atoms with Gasteiger partial charge >= 0.3 is 12.1 Å². The number of alkyl halides is 3. The van der Waals surface area contributed by atoms with Gasteiger partial charge < -0.3 is 48.3 Å². The molecule has 0 saturated carbocycles. The molecule has 0 aliphatic rings. The zero-order valence-corrected chi connectivity index (χ0v) is 27.4. The van der Waals surface area contributed by atoms with E-state index in [1.54, 1.807) is 24.3 Å². The highest BCUT2D eigenvalue weighted by Gasteiger charge is 2.38. The van der Waals surface area contributed by atoms with E-state index in [4.69, 9.17) is 42.7 Å². The van der Waals surface area contributed by atoms with Gasteiger partial charge in [-0.2, -0.15) is 13.2 Å². The summed E-state index contributed by atoms with van der Waals surface area (Å²) >= 11 is 0. The lowest BCUT2D eigenvalue weighted by Gasteiger charge is -2.24. The van der Waals surface area contributed by atoms with Crippen LogP contribution in [0.1, 0.15) is 29.5 Å². The van der Waals surface area contributed by atoms with Crippen LogP contribution in [-0.4, -0.2) is 84.5 Å². The fourth-order valence-corrected chi connectivity index (χ4v) is 4.07. The molecule has 4 amide bonds. The maximum Gasteiger partial charge on any atom is 0.490 e. The van der Waals surface area contributed by atoms with Gasteiger partial charge in [-0.1, -0.05) is 60.7 Å². The number of rotatable bonds is 19. The molecule has 16 nitrogen and oxygen atoms in total. The predicted octanol–water partition coefficient (Wildman–Crippen LogP) is -0.000160. The Morgan fingerprint density at radius 2 is 1.45 bits per heavy atom. The molecule has 51 heavy (non-hydrogen) atoms. The molecule has 0 heterocycles. The average Bonchev–Trinajstić information content (AvgIpc) is 3.07. The summed E-state index contributed by atoms with van der Waals surface area (Å²) in [5.74, 6) is -7.20. The number of nitrogens with two attached hydrogens (primary N) is 3. The minimum Gasteiger partial charge on any atom is -0.475 e. The predicted molar refractivity (Wildman–Crippen MR) is 180 cm³/mol. The third-order valence-corrected chi connectivity index (χ3v) is 6.67. The van der Waals surface area contributed by atoms with Gasteiger partial charge in [0, 0.05) is 18.7 Å². The molecule has 0 fully saturated rings. The second-order valence-electron chi connectivity index (χ2n) is 10.7. The number of hydrogen-bond acceptors (Lipinski definition) is 8. The van der Waals surface area contributed by atoms with Crippen molar-refractivity contribution in [1.29, 1.82) is 10.8 Å². The van der Waals surface area contributed by atoms with Crippen LogP contribution in [0.5, 0.6) is 0 Å². The number of nitrogen functional groups attached to an aromatic ring is 1. The molecular weight excluding hydrogens is 679 g/mol. The van der Waals surface area contributed by atoms with Gasteiger partial charge in [0.2, 0.25) is 23.6 Å². The molecule has 2 aromatic rings. The number of carbonyl (C=O) groups excluding carboxylic acids is 4. The summed E-state index contributed by atoms with van der Waals surface area (Å²) in [6.45, 7) is 3.86. The molecular formula is C32H42F3N9O7. The number of nitrogens with one attached hydrogen (secondary N) is 6. The molecule has 278 valence electrons. The zero-order chi connectivity index (χ0) is 38.6. The van der Waals surface area contributed by atoms with Crippen molar-refractivity contribution in [2.75, 3.05) is 19.7 Å². The van der Waals surface area contributed by atoms with Crippen molar-refractivity contribution in [1.82, 2.24) is 21.3 Å². The van der Waals surface area contributed by atoms with E-state index >= 15 is 0 Å². The Morgan fingerprint density at radius 3 is 1.96 bits per heavy atom. The van der Waals surface area contributed by atoms with E-state index in [9.17, 15) is 32.3 Å². The number of halogens is 3. The first-order valence-corrected chi connectivity index (χ1v) is 15.2. The number of primary amides is 1. The zero-order valence-electron chi connectivity index (χ0n) is 27.4. The lowest BCUT2D eigenvalue weighted by atomic mass is 9.96. The standard InChI is InChI=1S/C30H41N9O5.C2HF3O2/c1-2-14-36-27(41)22(16-19-10-12-21(13-11-19)25(31)32)28(42)39-24(18-44-17-20-7-4-3-5-8-20)29(43)38-23(26(33)40)9-6-15-37-30(34)35;3-2(4,5)1(6)7/h2-5,7-8,10-13,22-24H,1,6,9,14-18H2,(H3,31,32)(H2,33,40)(H,36,41)(H,38,43)(H,39,42)(H4,34,35,37);(H,6,7)/t22?,23-,24-;/m0./s1. The van der Waals surface area contributed by atoms with Gasteiger partial charge in [-0.3, -0.25) is 30.0 Å². The number of ether oxygens (including phenoxy) is 1. The van der Waals surface area contributed by atoms with Crippen LogP contribution >= 0.6 is 0 Å². The Hall–Kier alpha value is -5.98. The largest absolute Gasteiger partial charge is 0.490 e. The molecule has 0 spiro atoms. The smallest absolute Gasteiger partial charge is 0.475 e. The van der Waals surface area contributed by atoms with E-state index in [2.05, 4.69) is 27.8 Å². The van der Waals surface area contributed by atoms with Crippen LogP contribution in [-0.2, 0) is 41.7 Å². The lowest BCUT2D eigenvalue weighted by molar-refractivity contribution is -0.192. The van der Waals surface area contributed by atoms with E-state index < -0.39 is 53.8 Å². The summed E-state index contributed by atoms with van der Waals surface area (Å²) in [5.41, 5.74) is 18.3. The number of hydrogen-bond donors (Lipinski definition) is 10. The minimum atomic E-state index is -5.08. The number of carboxylic acids is 1. The maximum atomic E-state index is 13.6. The molecule has 0 radical (unpaired) electrons. The second-order valence-corrected chi connectivity index (χ2v) is 10.7. The highest BCUT2D eigenvalue weighted by atomic mass is 19.4. The lowest BCUT2D eigenvalue weighted by Crippen LogP contribution is -2.56. The van der Waals surface area contributed by atoms with Gasteiger partial charge in [0.1, 0.15) is 23.8 Å². The molecule has 0 aromatic heterocycles. The molecule has 3 atom stereocenters. The van der Waals surface area contributed by atoms with Crippen molar-refractivity contribution in [2.24, 2.45) is 23.1 Å². The number of carbonyl (C=O) groups is 5. The van der Waals surface area contributed by atoms with Crippen LogP contribution in [0, 0.1) is 16.7 Å². The van der Waals surface area contributed by atoms with Gasteiger partial charge in [-0.25, -0.2) is 4.79 Å². The molecule has 19 heteroatoms. The molecule has 0 saturated heterocycles. The quantitative estimate of drug-likeness (QED) is 0.0305. The summed E-state index contributed by atoms with van der Waals surface area (Å²) in [4.78, 5) is 61.0. The first kappa shape index (κ1) is 43.0. The van der Waals surface area contributed by atoms with Crippen molar-refractivity contribution < 1.29 is 47.0 Å². The van der Waals surface area contributed by atoms with Crippen molar-refractivity contribution >= 4 is 41.4 Å². The fraction of sp³-hybridized carbons (Fsp3) is 0.344. The molecule has 2 aromatic carbocycles. The first-order chi connectivity index (χ1) is 24.0. The minimum absolute atomic E-state index is 0.0146. The number of benzene rings is 2. The first-order valence-electron chi connectivity index (χ1n) is 15.2. The van der Waals surface area contributed by atoms with Crippen LogP contribution in [0.4, 0.5) is 13.2 Å². The molecule has 13 N–H and O–H groups in total. The number of amides is 4. The Morgan fingerprint density at radius 1 is 0.863 bits per heavy atom. The van der Waals surface area contributed by atoms with E-state index in [-0.39, 0.29) is 50.9 Å². The summed E-state index contributed by atoms with van der Waals surface area (Å²) in [5, 5.41) is 32.3. The highest BCUT2D eigenvalue weighted by molar-refractivity contribution is 6.02. The Kier molecular flexibility index (Phi) is 18.5. The summed E-state index contributed by atoms with van der Waals surface area (Å²) in [7, 11) is 0. The SMILES string of the molecule is C=CCNC(=O)C(Cc1ccc(C(=N)N)cc1)C(=O)N[C@@H](COCc1ccccc1)C(=O)N[C@@H](CCCNC(=N)N)C(N)=O.O=C(O)C(F)(F)F. The van der Waals surface area contributed by atoms with Crippen molar-refractivity contribution in [3.05, 3.63) is 83.9 Å². The molecule has 0 aliphatic carbocycles. The molecule has 0 aliphatic heterocycles. The Balaban J connectivity index is 0.00000167. The summed E-state index contributed by atoms with van der Waals surface area (Å²) < 4.78 is 37.5. The topological polar surface area (TPSA) is 289 Å². The van der Waals surface area contributed by atoms with Crippen LogP contribution in [0.15, 0.2) is 67.3 Å². The highest BCUT2D eigenvalue weighted by Crippen LogP contribution is 2.14. The van der Waals surface area contributed by atoms with Crippen LogP contribution in [0.2, 0.25) is 0 Å². The van der Waals surface area contributed by atoms with Crippen LogP contribution in [0.3, 0.4) is 0 Å². The number of amidine groups is 1. The van der Waals surface area contributed by atoms with E-state index in [1.165, 1.54) is 6.08 Å². The number of carboxylic acid groups (broad SMARTS) is 1. The second kappa shape index (κ2) is 21.9. The maximum absolute atomic E-state index is 13.6. The third kappa shape index (κ3) is 17.3. The number of guanidine groups is 1. The van der Waals surface area contributed by atoms with E-state index in [1.807, 2.05) is 30.3 Å². The van der Waals surface area contributed by atoms with Crippen LogP contribution < -0.4 is 38.5 Å². The fourth-order valence-electron chi connectivity index (χ4n) is 4.07. The average molecular weight is 722 g/mol. The number of aliphatic carboxylic acids is 1.